The lowest BCUT2D eigenvalue weighted by Crippen LogP contribution is -2.44. The highest BCUT2D eigenvalue weighted by atomic mass is 16.4. The Kier molecular flexibility index (Phi) is 9.10. The van der Waals surface area contributed by atoms with Crippen molar-refractivity contribution in [1.82, 2.24) is 10.6 Å². The number of benzene rings is 1. The number of aliphatic carboxylic acids is 3. The summed E-state index contributed by atoms with van der Waals surface area (Å²) in [6.07, 6.45) is -1.39. The fraction of sp³-hybridized carbons (Fsp3) is 0.389. The van der Waals surface area contributed by atoms with Gasteiger partial charge in [0.25, 0.3) is 5.91 Å². The summed E-state index contributed by atoms with van der Waals surface area (Å²) in [6.45, 7) is 0. The Labute approximate surface area is 166 Å². The minimum absolute atomic E-state index is 0.235. The highest BCUT2D eigenvalue weighted by molar-refractivity contribution is 5.97. The second-order valence-corrected chi connectivity index (χ2v) is 6.12. The van der Waals surface area contributed by atoms with Gasteiger partial charge in [0.05, 0.1) is 0 Å². The third-order valence-corrected chi connectivity index (χ3v) is 3.98. The molecule has 2 atom stereocenters. The van der Waals surface area contributed by atoms with E-state index >= 15 is 0 Å². The topological polar surface area (TPSA) is 182 Å². The molecule has 0 spiro atoms. The second kappa shape index (κ2) is 11.3. The van der Waals surface area contributed by atoms with Crippen molar-refractivity contribution >= 4 is 35.4 Å². The molecule has 0 aliphatic carbocycles. The molecule has 0 saturated heterocycles. The van der Waals surface area contributed by atoms with Gasteiger partial charge < -0.3 is 31.3 Å². The van der Waals surface area contributed by atoms with Crippen molar-refractivity contribution < 1.29 is 39.3 Å². The van der Waals surface area contributed by atoms with Crippen LogP contribution in [0.2, 0.25) is 0 Å². The number of nitrogens with one attached hydrogen (secondary N) is 3. The van der Waals surface area contributed by atoms with Crippen LogP contribution in [0.25, 0.3) is 0 Å². The van der Waals surface area contributed by atoms with Gasteiger partial charge in [0.2, 0.25) is 5.91 Å². The fourth-order valence-corrected chi connectivity index (χ4v) is 2.35. The number of hydrogen-bond donors (Lipinski definition) is 6. The second-order valence-electron chi connectivity index (χ2n) is 6.12. The maximum atomic E-state index is 12.2. The molecule has 0 radical (unpaired) electrons. The van der Waals surface area contributed by atoms with Crippen molar-refractivity contribution in [2.75, 3.05) is 12.4 Å². The number of rotatable bonds is 12. The van der Waals surface area contributed by atoms with Crippen molar-refractivity contribution in [3.63, 3.8) is 0 Å². The summed E-state index contributed by atoms with van der Waals surface area (Å²) in [5.41, 5.74) is 1.00. The van der Waals surface area contributed by atoms with Crippen LogP contribution in [0.1, 0.15) is 36.0 Å². The monoisotopic (exact) mass is 409 g/mol. The summed E-state index contributed by atoms with van der Waals surface area (Å²) in [5.74, 6) is -5.35. The van der Waals surface area contributed by atoms with Crippen molar-refractivity contribution in [2.45, 2.75) is 37.8 Å². The Bertz CT molecular complexity index is 763. The highest BCUT2D eigenvalue weighted by Gasteiger charge is 2.24. The highest BCUT2D eigenvalue weighted by Crippen LogP contribution is 2.09. The number of carboxylic acids is 3. The zero-order chi connectivity index (χ0) is 22.0. The average Bonchev–Trinajstić information content (AvgIpc) is 2.67. The van der Waals surface area contributed by atoms with E-state index in [4.69, 9.17) is 10.2 Å². The smallest absolute Gasteiger partial charge is 0.326 e. The number of hydrogen-bond acceptors (Lipinski definition) is 6. The molecule has 6 N–H and O–H groups in total. The maximum absolute atomic E-state index is 12.2. The molecule has 0 unspecified atom stereocenters. The van der Waals surface area contributed by atoms with Crippen LogP contribution < -0.4 is 16.0 Å². The molecule has 1 aromatic rings. The lowest BCUT2D eigenvalue weighted by molar-refractivity contribution is -0.143. The first-order valence-electron chi connectivity index (χ1n) is 8.69. The Hall–Kier alpha value is -3.63. The van der Waals surface area contributed by atoms with Gasteiger partial charge in [-0.05, 0) is 37.1 Å². The summed E-state index contributed by atoms with van der Waals surface area (Å²) in [7, 11) is 1.71. The van der Waals surface area contributed by atoms with E-state index in [0.29, 0.717) is 0 Å². The Morgan fingerprint density at radius 3 is 1.83 bits per heavy atom. The van der Waals surface area contributed by atoms with Gasteiger partial charge in [0.1, 0.15) is 12.1 Å². The lowest BCUT2D eigenvalue weighted by Gasteiger charge is -2.16. The average molecular weight is 409 g/mol. The molecule has 0 fully saturated rings. The molecule has 0 heterocycles. The molecule has 0 aromatic heterocycles. The van der Waals surface area contributed by atoms with Crippen LogP contribution in [-0.2, 0) is 19.2 Å². The Balaban J connectivity index is 2.63. The zero-order valence-corrected chi connectivity index (χ0v) is 15.7. The van der Waals surface area contributed by atoms with Crippen LogP contribution in [0, 0.1) is 0 Å². The van der Waals surface area contributed by atoms with E-state index in [-0.39, 0.29) is 24.8 Å². The molecule has 1 aromatic carbocycles. The largest absolute Gasteiger partial charge is 0.481 e. The summed E-state index contributed by atoms with van der Waals surface area (Å²) >= 11 is 0. The van der Waals surface area contributed by atoms with Crippen LogP contribution in [-0.4, -0.2) is 64.2 Å². The van der Waals surface area contributed by atoms with Crippen molar-refractivity contribution in [3.8, 4) is 0 Å². The minimum atomic E-state index is -1.40. The molecule has 11 nitrogen and oxygen atoms in total. The fourth-order valence-electron chi connectivity index (χ4n) is 2.35. The standard InChI is InChI=1S/C18H23N3O8/c1-19-11-4-2-10(3-5-11)16(25)21-13(18(28)29)6-8-14(22)20-12(17(26)27)7-9-15(23)24/h2-5,12-13,19H,6-9H2,1H3,(H,20,22)(H,21,25)(H,23,24)(H,26,27)(H,28,29)/t12-,13-/m0/s1. The van der Waals surface area contributed by atoms with Crippen molar-refractivity contribution in [1.29, 1.82) is 0 Å². The number of anilines is 1. The van der Waals surface area contributed by atoms with Crippen LogP contribution in [0.4, 0.5) is 5.69 Å². The third-order valence-electron chi connectivity index (χ3n) is 3.98. The van der Waals surface area contributed by atoms with Gasteiger partial charge >= 0.3 is 17.9 Å². The van der Waals surface area contributed by atoms with E-state index in [1.807, 2.05) is 0 Å². The number of carbonyl (C=O) groups excluding carboxylic acids is 2. The number of amides is 2. The predicted octanol–water partition coefficient (Wildman–Crippen LogP) is 0.126. The molecule has 0 saturated carbocycles. The zero-order valence-electron chi connectivity index (χ0n) is 15.7. The van der Waals surface area contributed by atoms with E-state index in [1.54, 1.807) is 19.2 Å². The van der Waals surface area contributed by atoms with Gasteiger partial charge in [-0.3, -0.25) is 14.4 Å². The van der Waals surface area contributed by atoms with E-state index in [9.17, 15) is 29.1 Å². The summed E-state index contributed by atoms with van der Waals surface area (Å²) in [6, 6.07) is 3.53. The molecule has 158 valence electrons. The van der Waals surface area contributed by atoms with Crippen LogP contribution >= 0.6 is 0 Å². The van der Waals surface area contributed by atoms with Gasteiger partial charge in [-0.25, -0.2) is 9.59 Å². The normalized spacial score (nSPS) is 12.3. The van der Waals surface area contributed by atoms with E-state index in [0.717, 1.165) is 5.69 Å². The van der Waals surface area contributed by atoms with Crippen molar-refractivity contribution in [2.24, 2.45) is 0 Å². The molecular weight excluding hydrogens is 386 g/mol. The number of carboxylic acid groups (broad SMARTS) is 3. The quantitative estimate of drug-likeness (QED) is 0.279. The molecule has 0 bridgehead atoms. The first-order chi connectivity index (χ1) is 13.6. The SMILES string of the molecule is CNc1ccc(C(=O)N[C@@H](CCC(=O)N[C@@H](CCC(=O)O)C(=O)O)C(=O)O)cc1. The summed E-state index contributed by atoms with van der Waals surface area (Å²) < 4.78 is 0. The predicted molar refractivity (Wildman–Crippen MR) is 101 cm³/mol. The van der Waals surface area contributed by atoms with Gasteiger partial charge in [-0.1, -0.05) is 0 Å². The van der Waals surface area contributed by atoms with Gasteiger partial charge in [-0.2, -0.15) is 0 Å². The lowest BCUT2D eigenvalue weighted by atomic mass is 10.1. The van der Waals surface area contributed by atoms with Crippen LogP contribution in [0.5, 0.6) is 0 Å². The molecule has 1 rings (SSSR count). The molecule has 11 heteroatoms. The van der Waals surface area contributed by atoms with Crippen LogP contribution in [0.3, 0.4) is 0 Å². The first kappa shape index (κ1) is 23.4. The molecule has 0 aliphatic rings. The van der Waals surface area contributed by atoms with Gasteiger partial charge in [-0.15, -0.1) is 0 Å². The van der Waals surface area contributed by atoms with E-state index in [1.165, 1.54) is 12.1 Å². The summed E-state index contributed by atoms with van der Waals surface area (Å²) in [4.78, 5) is 57.1. The Morgan fingerprint density at radius 1 is 0.828 bits per heavy atom. The van der Waals surface area contributed by atoms with E-state index in [2.05, 4.69) is 16.0 Å². The Morgan fingerprint density at radius 2 is 1.34 bits per heavy atom. The summed E-state index contributed by atoms with van der Waals surface area (Å²) in [5, 5.41) is 34.2. The molecule has 2 amide bonds. The number of carbonyl (C=O) groups is 5. The first-order valence-corrected chi connectivity index (χ1v) is 8.69. The third kappa shape index (κ3) is 8.28. The maximum Gasteiger partial charge on any atom is 0.326 e. The molecule has 0 aliphatic heterocycles. The van der Waals surface area contributed by atoms with Gasteiger partial charge in [0, 0.05) is 31.1 Å². The molecular formula is C18H23N3O8. The van der Waals surface area contributed by atoms with Crippen LogP contribution in [0.15, 0.2) is 24.3 Å². The van der Waals surface area contributed by atoms with E-state index < -0.39 is 48.2 Å². The minimum Gasteiger partial charge on any atom is -0.481 e. The van der Waals surface area contributed by atoms with Crippen molar-refractivity contribution in [3.05, 3.63) is 29.8 Å². The molecule has 29 heavy (non-hydrogen) atoms. The van der Waals surface area contributed by atoms with Gasteiger partial charge in [0.15, 0.2) is 0 Å².